The molecule has 3 N–H and O–H groups in total. The highest BCUT2D eigenvalue weighted by Crippen LogP contribution is 2.14. The Morgan fingerprint density at radius 3 is 2.27 bits per heavy atom. The number of carbonyl (C=O) groups excluding carboxylic acids is 1. The van der Waals surface area contributed by atoms with Gasteiger partial charge in [-0.2, -0.15) is 0 Å². The van der Waals surface area contributed by atoms with Gasteiger partial charge in [0, 0.05) is 12.5 Å². The third kappa shape index (κ3) is 5.18. The second-order valence-corrected chi connectivity index (χ2v) is 2.92. The minimum atomic E-state index is -0.289. The first-order valence-electron chi connectivity index (χ1n) is 5.24. The summed E-state index contributed by atoms with van der Waals surface area (Å²) in [5.41, 5.74) is 6.21. The standard InChI is InChI=1S/C10H14N2O.C2H6/c1-12-9(7-10(11)13)8-5-3-2-4-6-8;1-2/h2-6,9,12H,7H2,1H3,(H2,11,13);1-2H3. The van der Waals surface area contributed by atoms with Crippen molar-refractivity contribution >= 4 is 5.91 Å². The van der Waals surface area contributed by atoms with Crippen LogP contribution < -0.4 is 11.1 Å². The third-order valence-corrected chi connectivity index (χ3v) is 1.96. The van der Waals surface area contributed by atoms with Gasteiger partial charge in [0.05, 0.1) is 0 Å². The van der Waals surface area contributed by atoms with Crippen LogP contribution in [0.5, 0.6) is 0 Å². The van der Waals surface area contributed by atoms with Crippen LogP contribution in [0.15, 0.2) is 30.3 Å². The van der Waals surface area contributed by atoms with E-state index < -0.39 is 0 Å². The fourth-order valence-electron chi connectivity index (χ4n) is 1.27. The maximum Gasteiger partial charge on any atom is 0.219 e. The molecule has 0 saturated carbocycles. The first kappa shape index (κ1) is 13.7. The van der Waals surface area contributed by atoms with E-state index in [1.807, 2.05) is 51.2 Å². The molecular weight excluding hydrogens is 188 g/mol. The Morgan fingerprint density at radius 2 is 1.87 bits per heavy atom. The smallest absolute Gasteiger partial charge is 0.219 e. The Kier molecular flexibility index (Phi) is 7.28. The van der Waals surface area contributed by atoms with Crippen LogP contribution in [0.3, 0.4) is 0 Å². The molecular formula is C12H20N2O. The Morgan fingerprint density at radius 1 is 1.33 bits per heavy atom. The lowest BCUT2D eigenvalue weighted by atomic mass is 10.0. The molecule has 1 unspecified atom stereocenters. The lowest BCUT2D eigenvalue weighted by Crippen LogP contribution is -2.23. The van der Waals surface area contributed by atoms with Gasteiger partial charge in [-0.05, 0) is 12.6 Å². The van der Waals surface area contributed by atoms with Gasteiger partial charge in [0.1, 0.15) is 0 Å². The molecule has 1 aromatic rings. The van der Waals surface area contributed by atoms with Gasteiger partial charge in [0.15, 0.2) is 0 Å². The summed E-state index contributed by atoms with van der Waals surface area (Å²) >= 11 is 0. The molecule has 0 aromatic heterocycles. The molecule has 15 heavy (non-hydrogen) atoms. The summed E-state index contributed by atoms with van der Waals surface area (Å²) in [6, 6.07) is 9.81. The molecule has 1 rings (SSSR count). The number of amides is 1. The minimum Gasteiger partial charge on any atom is -0.370 e. The van der Waals surface area contributed by atoms with E-state index in [-0.39, 0.29) is 11.9 Å². The number of hydrogen-bond donors (Lipinski definition) is 2. The Bertz CT molecular complexity index is 272. The number of nitrogens with one attached hydrogen (secondary N) is 1. The van der Waals surface area contributed by atoms with Crippen LogP contribution in [0.1, 0.15) is 31.9 Å². The molecule has 84 valence electrons. The lowest BCUT2D eigenvalue weighted by molar-refractivity contribution is -0.118. The Balaban J connectivity index is 0.000000921. The molecule has 0 aliphatic carbocycles. The van der Waals surface area contributed by atoms with Crippen LogP contribution in [0, 0.1) is 0 Å². The van der Waals surface area contributed by atoms with Gasteiger partial charge in [0.2, 0.25) is 5.91 Å². The summed E-state index contributed by atoms with van der Waals surface area (Å²) in [5.74, 6) is -0.289. The maximum atomic E-state index is 10.7. The van der Waals surface area contributed by atoms with Gasteiger partial charge in [0.25, 0.3) is 0 Å². The summed E-state index contributed by atoms with van der Waals surface area (Å²) in [6.45, 7) is 4.00. The quantitative estimate of drug-likeness (QED) is 0.793. The zero-order valence-electron chi connectivity index (χ0n) is 9.66. The minimum absolute atomic E-state index is 0.0266. The second kappa shape index (κ2) is 8.00. The molecule has 3 heteroatoms. The van der Waals surface area contributed by atoms with E-state index in [0.29, 0.717) is 6.42 Å². The van der Waals surface area contributed by atoms with Gasteiger partial charge >= 0.3 is 0 Å². The number of nitrogens with two attached hydrogens (primary N) is 1. The predicted molar refractivity (Wildman–Crippen MR) is 63.4 cm³/mol. The SMILES string of the molecule is CC.CNC(CC(N)=O)c1ccccc1. The number of primary amides is 1. The molecule has 0 aliphatic rings. The molecule has 0 saturated heterocycles. The second-order valence-electron chi connectivity index (χ2n) is 2.92. The Hall–Kier alpha value is -1.35. The van der Waals surface area contributed by atoms with E-state index in [9.17, 15) is 4.79 Å². The molecule has 1 atom stereocenters. The summed E-state index contributed by atoms with van der Waals surface area (Å²) in [6.07, 6.45) is 0.334. The molecule has 1 amide bonds. The van der Waals surface area contributed by atoms with Gasteiger partial charge in [-0.1, -0.05) is 44.2 Å². The average molecular weight is 208 g/mol. The number of hydrogen-bond acceptors (Lipinski definition) is 2. The fourth-order valence-corrected chi connectivity index (χ4v) is 1.27. The van der Waals surface area contributed by atoms with Crippen LogP contribution in [-0.4, -0.2) is 13.0 Å². The summed E-state index contributed by atoms with van der Waals surface area (Å²) in [7, 11) is 1.82. The van der Waals surface area contributed by atoms with Crippen molar-refractivity contribution in [3.63, 3.8) is 0 Å². The molecule has 3 nitrogen and oxygen atoms in total. The fraction of sp³-hybridized carbons (Fsp3) is 0.417. The van der Waals surface area contributed by atoms with E-state index in [2.05, 4.69) is 5.32 Å². The lowest BCUT2D eigenvalue weighted by Gasteiger charge is -2.14. The molecule has 0 fully saturated rings. The largest absolute Gasteiger partial charge is 0.370 e. The zero-order valence-corrected chi connectivity index (χ0v) is 9.66. The summed E-state index contributed by atoms with van der Waals surface area (Å²) < 4.78 is 0. The first-order chi connectivity index (χ1) is 7.24. The molecule has 0 radical (unpaired) electrons. The van der Waals surface area contributed by atoms with Crippen LogP contribution >= 0.6 is 0 Å². The normalized spacial score (nSPS) is 11.1. The molecule has 1 aromatic carbocycles. The van der Waals surface area contributed by atoms with E-state index in [4.69, 9.17) is 5.73 Å². The van der Waals surface area contributed by atoms with Crippen molar-refractivity contribution in [3.8, 4) is 0 Å². The molecule has 0 heterocycles. The van der Waals surface area contributed by atoms with Crippen molar-refractivity contribution in [1.82, 2.24) is 5.32 Å². The van der Waals surface area contributed by atoms with Crippen LogP contribution in [0.2, 0.25) is 0 Å². The Labute approximate surface area is 91.7 Å². The highest BCUT2D eigenvalue weighted by molar-refractivity contribution is 5.74. The van der Waals surface area contributed by atoms with Crippen molar-refractivity contribution in [3.05, 3.63) is 35.9 Å². The average Bonchev–Trinajstić information content (AvgIpc) is 2.29. The molecule has 0 bridgehead atoms. The zero-order chi connectivity index (χ0) is 11.7. The van der Waals surface area contributed by atoms with E-state index in [1.165, 1.54) is 0 Å². The number of carbonyl (C=O) groups is 1. The van der Waals surface area contributed by atoms with Crippen LogP contribution in [-0.2, 0) is 4.79 Å². The van der Waals surface area contributed by atoms with E-state index in [0.717, 1.165) is 5.56 Å². The van der Waals surface area contributed by atoms with Gasteiger partial charge in [-0.3, -0.25) is 4.79 Å². The predicted octanol–water partition coefficient (Wildman–Crippen LogP) is 1.85. The van der Waals surface area contributed by atoms with E-state index >= 15 is 0 Å². The van der Waals surface area contributed by atoms with Gasteiger partial charge in [-0.15, -0.1) is 0 Å². The van der Waals surface area contributed by atoms with Crippen LogP contribution in [0.25, 0.3) is 0 Å². The highest BCUT2D eigenvalue weighted by Gasteiger charge is 2.10. The third-order valence-electron chi connectivity index (χ3n) is 1.96. The highest BCUT2D eigenvalue weighted by atomic mass is 16.1. The summed E-state index contributed by atoms with van der Waals surface area (Å²) in [4.78, 5) is 10.7. The van der Waals surface area contributed by atoms with Crippen LogP contribution in [0.4, 0.5) is 0 Å². The van der Waals surface area contributed by atoms with Gasteiger partial charge < -0.3 is 11.1 Å². The molecule has 0 spiro atoms. The number of benzene rings is 1. The van der Waals surface area contributed by atoms with Gasteiger partial charge in [-0.25, -0.2) is 0 Å². The number of rotatable bonds is 4. The maximum absolute atomic E-state index is 10.7. The van der Waals surface area contributed by atoms with Crippen molar-refractivity contribution in [2.75, 3.05) is 7.05 Å². The molecule has 0 aliphatic heterocycles. The monoisotopic (exact) mass is 208 g/mol. The van der Waals surface area contributed by atoms with Crippen molar-refractivity contribution in [2.24, 2.45) is 5.73 Å². The first-order valence-corrected chi connectivity index (χ1v) is 5.24. The topological polar surface area (TPSA) is 55.1 Å². The van der Waals surface area contributed by atoms with Crippen molar-refractivity contribution < 1.29 is 4.79 Å². The van der Waals surface area contributed by atoms with Crippen molar-refractivity contribution in [2.45, 2.75) is 26.3 Å². The summed E-state index contributed by atoms with van der Waals surface area (Å²) in [5, 5.41) is 3.05. The van der Waals surface area contributed by atoms with Crippen molar-refractivity contribution in [1.29, 1.82) is 0 Å². The van der Waals surface area contributed by atoms with E-state index in [1.54, 1.807) is 0 Å².